The number of rotatable bonds is 11. The second kappa shape index (κ2) is 12.8. The van der Waals surface area contributed by atoms with Gasteiger partial charge >= 0.3 is 0 Å². The number of carbonyl (C=O) groups excluding carboxylic acids is 2. The lowest BCUT2D eigenvalue weighted by molar-refractivity contribution is -0.141. The fraction of sp³-hybridized carbons (Fsp3) is 0.286. The van der Waals surface area contributed by atoms with Crippen molar-refractivity contribution in [1.82, 2.24) is 10.2 Å². The summed E-state index contributed by atoms with van der Waals surface area (Å²) < 4.78 is 10.7. The summed E-state index contributed by atoms with van der Waals surface area (Å²) in [5.74, 6) is 0.956. The molecule has 0 radical (unpaired) electrons. The Kier molecular flexibility index (Phi) is 9.56. The summed E-state index contributed by atoms with van der Waals surface area (Å²) in [6, 6.07) is 21.6. The molecule has 3 rings (SSSR count). The molecule has 35 heavy (non-hydrogen) atoms. The molecule has 6 nitrogen and oxygen atoms in total. The summed E-state index contributed by atoms with van der Waals surface area (Å²) in [4.78, 5) is 28.1. The molecule has 1 unspecified atom stereocenters. The number of halogens is 1. The zero-order chi connectivity index (χ0) is 25.2. The van der Waals surface area contributed by atoms with E-state index in [1.54, 1.807) is 38.2 Å². The average Bonchev–Trinajstić information content (AvgIpc) is 2.89. The lowest BCUT2D eigenvalue weighted by Gasteiger charge is -2.31. The third-order valence-corrected chi connectivity index (χ3v) is 5.98. The van der Waals surface area contributed by atoms with Gasteiger partial charge in [-0.15, -0.1) is 0 Å². The Hall–Kier alpha value is -3.51. The Morgan fingerprint density at radius 3 is 2.20 bits per heavy atom. The van der Waals surface area contributed by atoms with Crippen LogP contribution in [0, 0.1) is 0 Å². The minimum absolute atomic E-state index is 0.108. The monoisotopic (exact) mass is 494 g/mol. The summed E-state index contributed by atoms with van der Waals surface area (Å²) in [7, 11) is 3.18. The van der Waals surface area contributed by atoms with E-state index in [4.69, 9.17) is 21.1 Å². The van der Waals surface area contributed by atoms with Gasteiger partial charge in [-0.1, -0.05) is 67.1 Å². The minimum atomic E-state index is -0.760. The molecule has 3 aromatic rings. The summed E-state index contributed by atoms with van der Waals surface area (Å²) in [5.41, 5.74) is 2.66. The maximum absolute atomic E-state index is 13.5. The van der Waals surface area contributed by atoms with Crippen molar-refractivity contribution in [1.29, 1.82) is 0 Å². The Morgan fingerprint density at radius 1 is 0.914 bits per heavy atom. The third-order valence-electron chi connectivity index (χ3n) is 5.73. The van der Waals surface area contributed by atoms with Crippen LogP contribution in [0.15, 0.2) is 72.8 Å². The van der Waals surface area contributed by atoms with Gasteiger partial charge in [-0.05, 0) is 47.4 Å². The fourth-order valence-electron chi connectivity index (χ4n) is 3.88. The number of benzene rings is 3. The molecule has 0 spiro atoms. The molecule has 1 atom stereocenters. The Bertz CT molecular complexity index is 1120. The standard InChI is InChI=1S/C28H31ClN2O4/c1-4-26(32)31(19-21-10-13-23(29)14-11-21)27(22-8-6-5-7-9-22)28(33)30-17-16-20-12-15-24(34-2)25(18-20)35-3/h5-15,18,27H,4,16-17,19H2,1-3H3,(H,30,33). The van der Waals surface area contributed by atoms with Crippen LogP contribution in [0.1, 0.15) is 36.1 Å². The predicted octanol–water partition coefficient (Wildman–Crippen LogP) is 5.20. The van der Waals surface area contributed by atoms with Crippen LogP contribution in [0.2, 0.25) is 5.02 Å². The molecule has 0 heterocycles. The smallest absolute Gasteiger partial charge is 0.247 e. The molecule has 0 bridgehead atoms. The highest BCUT2D eigenvalue weighted by molar-refractivity contribution is 6.30. The SMILES string of the molecule is CCC(=O)N(Cc1ccc(Cl)cc1)C(C(=O)NCCc1ccc(OC)c(OC)c1)c1ccccc1. The van der Waals surface area contributed by atoms with Crippen molar-refractivity contribution < 1.29 is 19.1 Å². The van der Waals surface area contributed by atoms with Crippen molar-refractivity contribution in [2.45, 2.75) is 32.4 Å². The van der Waals surface area contributed by atoms with Gasteiger partial charge in [0.1, 0.15) is 6.04 Å². The quantitative estimate of drug-likeness (QED) is 0.398. The summed E-state index contributed by atoms with van der Waals surface area (Å²) in [6.45, 7) is 2.51. The van der Waals surface area contributed by atoms with Crippen molar-refractivity contribution >= 4 is 23.4 Å². The maximum Gasteiger partial charge on any atom is 0.247 e. The first kappa shape index (κ1) is 26.1. The van der Waals surface area contributed by atoms with E-state index in [1.807, 2.05) is 60.7 Å². The van der Waals surface area contributed by atoms with Gasteiger partial charge in [0, 0.05) is 24.5 Å². The van der Waals surface area contributed by atoms with Crippen LogP contribution in [0.3, 0.4) is 0 Å². The van der Waals surface area contributed by atoms with Gasteiger partial charge in [-0.3, -0.25) is 9.59 Å². The van der Waals surface area contributed by atoms with Crippen LogP contribution in [-0.4, -0.2) is 37.5 Å². The molecule has 7 heteroatoms. The zero-order valence-corrected chi connectivity index (χ0v) is 21.0. The molecular formula is C28H31ClN2O4. The number of nitrogens with one attached hydrogen (secondary N) is 1. The van der Waals surface area contributed by atoms with E-state index >= 15 is 0 Å². The number of hydrogen-bond acceptors (Lipinski definition) is 4. The van der Waals surface area contributed by atoms with Crippen LogP contribution in [-0.2, 0) is 22.6 Å². The van der Waals surface area contributed by atoms with E-state index in [1.165, 1.54) is 0 Å². The molecule has 0 fully saturated rings. The van der Waals surface area contributed by atoms with Crippen LogP contribution >= 0.6 is 11.6 Å². The van der Waals surface area contributed by atoms with E-state index in [0.717, 1.165) is 16.7 Å². The number of amides is 2. The van der Waals surface area contributed by atoms with E-state index < -0.39 is 6.04 Å². The largest absolute Gasteiger partial charge is 0.493 e. The van der Waals surface area contributed by atoms with Gasteiger partial charge < -0.3 is 19.7 Å². The number of ether oxygens (including phenoxy) is 2. The normalized spacial score (nSPS) is 11.4. The first-order valence-electron chi connectivity index (χ1n) is 11.5. The van der Waals surface area contributed by atoms with Crippen molar-refractivity contribution in [3.8, 4) is 11.5 Å². The van der Waals surface area contributed by atoms with E-state index in [9.17, 15) is 9.59 Å². The van der Waals surface area contributed by atoms with Crippen LogP contribution < -0.4 is 14.8 Å². The third kappa shape index (κ3) is 6.99. The summed E-state index contributed by atoms with van der Waals surface area (Å²) in [6.07, 6.45) is 0.891. The van der Waals surface area contributed by atoms with Crippen LogP contribution in [0.4, 0.5) is 0 Å². The Morgan fingerprint density at radius 2 is 1.57 bits per heavy atom. The van der Waals surface area contributed by atoms with Crippen LogP contribution in [0.25, 0.3) is 0 Å². The molecule has 0 aliphatic rings. The molecular weight excluding hydrogens is 464 g/mol. The highest BCUT2D eigenvalue weighted by Crippen LogP contribution is 2.28. The summed E-state index contributed by atoms with van der Waals surface area (Å²) in [5, 5.41) is 3.64. The van der Waals surface area contributed by atoms with Crippen molar-refractivity contribution in [3.63, 3.8) is 0 Å². The van der Waals surface area contributed by atoms with Crippen molar-refractivity contribution in [2.24, 2.45) is 0 Å². The molecule has 184 valence electrons. The molecule has 2 amide bonds. The molecule has 0 aliphatic heterocycles. The predicted molar refractivity (Wildman–Crippen MR) is 138 cm³/mol. The molecule has 3 aromatic carbocycles. The highest BCUT2D eigenvalue weighted by Gasteiger charge is 2.30. The van der Waals surface area contributed by atoms with Gasteiger partial charge in [-0.25, -0.2) is 0 Å². The molecule has 1 N–H and O–H groups in total. The summed E-state index contributed by atoms with van der Waals surface area (Å²) >= 11 is 6.03. The zero-order valence-electron chi connectivity index (χ0n) is 20.3. The number of methoxy groups -OCH3 is 2. The lowest BCUT2D eigenvalue weighted by Crippen LogP contribution is -2.43. The second-order valence-corrected chi connectivity index (χ2v) is 8.48. The maximum atomic E-state index is 13.5. The Balaban J connectivity index is 1.80. The highest BCUT2D eigenvalue weighted by atomic mass is 35.5. The molecule has 0 aromatic heterocycles. The van der Waals surface area contributed by atoms with Gasteiger partial charge in [0.05, 0.1) is 14.2 Å². The first-order chi connectivity index (χ1) is 17.0. The average molecular weight is 495 g/mol. The molecule has 0 saturated heterocycles. The molecule has 0 saturated carbocycles. The lowest BCUT2D eigenvalue weighted by atomic mass is 10.0. The topological polar surface area (TPSA) is 67.9 Å². The van der Waals surface area contributed by atoms with E-state index in [-0.39, 0.29) is 18.2 Å². The van der Waals surface area contributed by atoms with Crippen molar-refractivity contribution in [2.75, 3.05) is 20.8 Å². The second-order valence-electron chi connectivity index (χ2n) is 8.05. The van der Waals surface area contributed by atoms with E-state index in [0.29, 0.717) is 36.0 Å². The van der Waals surface area contributed by atoms with Crippen molar-refractivity contribution in [3.05, 3.63) is 94.5 Å². The van der Waals surface area contributed by atoms with Gasteiger partial charge in [-0.2, -0.15) is 0 Å². The van der Waals surface area contributed by atoms with Gasteiger partial charge in [0.15, 0.2) is 11.5 Å². The number of carbonyl (C=O) groups is 2. The van der Waals surface area contributed by atoms with Gasteiger partial charge in [0.25, 0.3) is 0 Å². The number of hydrogen-bond donors (Lipinski definition) is 1. The first-order valence-corrected chi connectivity index (χ1v) is 11.9. The number of nitrogens with zero attached hydrogens (tertiary/aromatic N) is 1. The Labute approximate surface area is 211 Å². The van der Waals surface area contributed by atoms with Gasteiger partial charge in [0.2, 0.25) is 11.8 Å². The van der Waals surface area contributed by atoms with E-state index in [2.05, 4.69) is 5.32 Å². The minimum Gasteiger partial charge on any atom is -0.493 e. The molecule has 0 aliphatic carbocycles. The van der Waals surface area contributed by atoms with Crippen LogP contribution in [0.5, 0.6) is 11.5 Å². The fourth-order valence-corrected chi connectivity index (χ4v) is 4.01.